The normalized spacial score (nSPS) is 16.7. The van der Waals surface area contributed by atoms with Crippen LogP contribution in [0.4, 0.5) is 11.4 Å². The first kappa shape index (κ1) is 26.8. The predicted octanol–water partition coefficient (Wildman–Crippen LogP) is 5.95. The molecule has 0 radical (unpaired) electrons. The Morgan fingerprint density at radius 2 is 1.71 bits per heavy atom. The zero-order chi connectivity index (χ0) is 27.4. The molecule has 0 spiro atoms. The SMILES string of the molecule is CCCOc1ccccc1N1C(=O)C(=O)/C(=C(\O)c2cccc(OC(C)C)c2)C1c1ccc(N(C)C)cc1. The number of aliphatic hydroxyl groups is 1. The van der Waals surface area contributed by atoms with Crippen LogP contribution in [0.25, 0.3) is 5.76 Å². The number of hydrogen-bond acceptors (Lipinski definition) is 6. The van der Waals surface area contributed by atoms with E-state index in [9.17, 15) is 14.7 Å². The van der Waals surface area contributed by atoms with Gasteiger partial charge in [-0.15, -0.1) is 0 Å². The first-order chi connectivity index (χ1) is 18.2. The number of anilines is 2. The number of Topliss-reactive ketones (excluding diaryl/α,β-unsaturated/α-hetero) is 1. The van der Waals surface area contributed by atoms with Crippen molar-refractivity contribution < 1.29 is 24.2 Å². The minimum absolute atomic E-state index is 0.0135. The van der Waals surface area contributed by atoms with Crippen molar-refractivity contribution in [1.29, 1.82) is 0 Å². The van der Waals surface area contributed by atoms with E-state index in [2.05, 4.69) is 0 Å². The highest BCUT2D eigenvalue weighted by Crippen LogP contribution is 2.45. The quantitative estimate of drug-likeness (QED) is 0.216. The summed E-state index contributed by atoms with van der Waals surface area (Å²) in [7, 11) is 3.88. The molecule has 7 nitrogen and oxygen atoms in total. The number of nitrogens with zero attached hydrogens (tertiary/aromatic N) is 2. The summed E-state index contributed by atoms with van der Waals surface area (Å²) >= 11 is 0. The van der Waals surface area contributed by atoms with E-state index in [1.165, 1.54) is 4.90 Å². The van der Waals surface area contributed by atoms with Crippen molar-refractivity contribution in [3.8, 4) is 11.5 Å². The van der Waals surface area contributed by atoms with Gasteiger partial charge in [-0.1, -0.05) is 43.3 Å². The van der Waals surface area contributed by atoms with Crippen LogP contribution in [0.2, 0.25) is 0 Å². The molecule has 1 aliphatic heterocycles. The van der Waals surface area contributed by atoms with E-state index in [1.54, 1.807) is 42.5 Å². The molecular weight excluding hydrogens is 480 g/mol. The van der Waals surface area contributed by atoms with Gasteiger partial charge in [-0.3, -0.25) is 14.5 Å². The summed E-state index contributed by atoms with van der Waals surface area (Å²) in [6, 6.07) is 20.8. The Balaban J connectivity index is 1.91. The molecule has 1 unspecified atom stereocenters. The van der Waals surface area contributed by atoms with Crippen molar-refractivity contribution >= 4 is 28.8 Å². The molecule has 4 rings (SSSR count). The van der Waals surface area contributed by atoms with E-state index >= 15 is 0 Å². The number of aliphatic hydroxyl groups excluding tert-OH is 1. The summed E-state index contributed by atoms with van der Waals surface area (Å²) in [4.78, 5) is 30.5. The van der Waals surface area contributed by atoms with Crippen LogP contribution in [0.1, 0.15) is 44.4 Å². The molecule has 3 aromatic carbocycles. The van der Waals surface area contributed by atoms with Gasteiger partial charge in [-0.2, -0.15) is 0 Å². The molecule has 198 valence electrons. The number of rotatable bonds is 9. The van der Waals surface area contributed by atoms with E-state index < -0.39 is 17.7 Å². The van der Waals surface area contributed by atoms with Crippen LogP contribution >= 0.6 is 0 Å². The van der Waals surface area contributed by atoms with Crippen molar-refractivity contribution in [3.63, 3.8) is 0 Å². The highest BCUT2D eigenvalue weighted by molar-refractivity contribution is 6.52. The molecule has 7 heteroatoms. The second-order valence-electron chi connectivity index (χ2n) is 9.67. The third-order valence-electron chi connectivity index (χ3n) is 6.24. The summed E-state index contributed by atoms with van der Waals surface area (Å²) in [6.45, 7) is 6.28. The first-order valence-corrected chi connectivity index (χ1v) is 12.8. The maximum absolute atomic E-state index is 13.6. The fraction of sp³-hybridized carbons (Fsp3) is 0.290. The van der Waals surface area contributed by atoms with Crippen molar-refractivity contribution in [1.82, 2.24) is 0 Å². The van der Waals surface area contributed by atoms with Crippen molar-refractivity contribution in [3.05, 3.63) is 89.5 Å². The second-order valence-corrected chi connectivity index (χ2v) is 9.67. The second kappa shape index (κ2) is 11.4. The van der Waals surface area contributed by atoms with Gasteiger partial charge >= 0.3 is 0 Å². The Kier molecular flexibility index (Phi) is 8.05. The number of ether oxygens (including phenoxy) is 2. The highest BCUT2D eigenvalue weighted by Gasteiger charge is 2.47. The Labute approximate surface area is 223 Å². The van der Waals surface area contributed by atoms with E-state index in [4.69, 9.17) is 9.47 Å². The average Bonchev–Trinajstić information content (AvgIpc) is 3.17. The fourth-order valence-electron chi connectivity index (χ4n) is 4.49. The lowest BCUT2D eigenvalue weighted by Crippen LogP contribution is -2.30. The van der Waals surface area contributed by atoms with Gasteiger partial charge in [0.05, 0.1) is 30.0 Å². The van der Waals surface area contributed by atoms with Gasteiger partial charge in [0.15, 0.2) is 0 Å². The number of amides is 1. The minimum Gasteiger partial charge on any atom is -0.507 e. The van der Waals surface area contributed by atoms with Crippen LogP contribution in [-0.4, -0.2) is 43.6 Å². The predicted molar refractivity (Wildman–Crippen MR) is 150 cm³/mol. The monoisotopic (exact) mass is 514 g/mol. The number of hydrogen-bond donors (Lipinski definition) is 1. The third kappa shape index (κ3) is 5.37. The molecule has 1 heterocycles. The summed E-state index contributed by atoms with van der Waals surface area (Å²) in [5, 5.41) is 11.5. The number of para-hydroxylation sites is 2. The number of benzene rings is 3. The molecule has 1 saturated heterocycles. The first-order valence-electron chi connectivity index (χ1n) is 12.8. The smallest absolute Gasteiger partial charge is 0.300 e. The van der Waals surface area contributed by atoms with Crippen LogP contribution in [-0.2, 0) is 9.59 Å². The summed E-state index contributed by atoms with van der Waals surface area (Å²) in [6.07, 6.45) is 0.727. The lowest BCUT2D eigenvalue weighted by Gasteiger charge is -2.27. The average molecular weight is 515 g/mol. The lowest BCUT2D eigenvalue weighted by molar-refractivity contribution is -0.132. The zero-order valence-electron chi connectivity index (χ0n) is 22.5. The van der Waals surface area contributed by atoms with E-state index in [1.807, 2.05) is 70.1 Å². The van der Waals surface area contributed by atoms with Crippen molar-refractivity contribution in [2.24, 2.45) is 0 Å². The summed E-state index contributed by atoms with van der Waals surface area (Å²) < 4.78 is 11.7. The van der Waals surface area contributed by atoms with Gasteiger partial charge in [0, 0.05) is 25.3 Å². The molecular formula is C31H34N2O5. The van der Waals surface area contributed by atoms with Crippen molar-refractivity contribution in [2.75, 3.05) is 30.5 Å². The fourth-order valence-corrected chi connectivity index (χ4v) is 4.49. The molecule has 0 saturated carbocycles. The Morgan fingerprint density at radius 1 is 1.00 bits per heavy atom. The largest absolute Gasteiger partial charge is 0.507 e. The van der Waals surface area contributed by atoms with Crippen LogP contribution in [0.15, 0.2) is 78.4 Å². The Bertz CT molecular complexity index is 1340. The standard InChI is InChI=1S/C31H34N2O5/c1-6-18-37-26-13-8-7-12-25(26)33-28(21-14-16-23(17-15-21)32(4)5)27(30(35)31(33)36)29(34)22-10-9-11-24(19-22)38-20(2)3/h7-17,19-20,28,34H,6,18H2,1-5H3/b29-27-. The highest BCUT2D eigenvalue weighted by atomic mass is 16.5. The molecule has 1 amide bonds. The van der Waals surface area contributed by atoms with Gasteiger partial charge < -0.3 is 19.5 Å². The van der Waals surface area contributed by atoms with Crippen LogP contribution in [0, 0.1) is 0 Å². The molecule has 0 aromatic heterocycles. The summed E-state index contributed by atoms with van der Waals surface area (Å²) in [5.74, 6) is -0.685. The number of ketones is 1. The molecule has 38 heavy (non-hydrogen) atoms. The molecule has 0 bridgehead atoms. The molecule has 1 fully saturated rings. The van der Waals surface area contributed by atoms with Gasteiger partial charge in [-0.25, -0.2) is 0 Å². The molecule has 0 aliphatic carbocycles. The molecule has 1 aliphatic rings. The maximum atomic E-state index is 13.6. The molecule has 1 N–H and O–H groups in total. The Morgan fingerprint density at radius 3 is 2.37 bits per heavy atom. The summed E-state index contributed by atoms with van der Waals surface area (Å²) in [5.41, 5.74) is 2.54. The van der Waals surface area contributed by atoms with Gasteiger partial charge in [0.2, 0.25) is 0 Å². The van der Waals surface area contributed by atoms with Gasteiger partial charge in [-0.05, 0) is 62.2 Å². The Hall–Kier alpha value is -4.26. The maximum Gasteiger partial charge on any atom is 0.300 e. The van der Waals surface area contributed by atoms with Crippen LogP contribution < -0.4 is 19.3 Å². The van der Waals surface area contributed by atoms with Crippen molar-refractivity contribution in [2.45, 2.75) is 39.3 Å². The molecule has 1 atom stereocenters. The van der Waals surface area contributed by atoms with Gasteiger partial charge in [0.1, 0.15) is 17.3 Å². The third-order valence-corrected chi connectivity index (χ3v) is 6.24. The topological polar surface area (TPSA) is 79.3 Å². The molecule has 3 aromatic rings. The van der Waals surface area contributed by atoms with Crippen LogP contribution in [0.5, 0.6) is 11.5 Å². The van der Waals surface area contributed by atoms with E-state index in [0.717, 1.165) is 12.1 Å². The zero-order valence-corrected chi connectivity index (χ0v) is 22.5. The number of carbonyl (C=O) groups is 2. The number of carbonyl (C=O) groups excluding carboxylic acids is 2. The minimum atomic E-state index is -0.854. The van der Waals surface area contributed by atoms with E-state index in [-0.39, 0.29) is 17.4 Å². The van der Waals surface area contributed by atoms with Gasteiger partial charge in [0.25, 0.3) is 11.7 Å². The lowest BCUT2D eigenvalue weighted by atomic mass is 9.94. The van der Waals surface area contributed by atoms with E-state index in [0.29, 0.717) is 34.9 Å². The van der Waals surface area contributed by atoms with Crippen LogP contribution in [0.3, 0.4) is 0 Å².